The lowest BCUT2D eigenvalue weighted by Gasteiger charge is -2.21. The molecule has 0 aromatic carbocycles. The smallest absolute Gasteiger partial charge is 0.139 e. The summed E-state index contributed by atoms with van der Waals surface area (Å²) < 4.78 is 0. The van der Waals surface area contributed by atoms with Crippen LogP contribution in [0.3, 0.4) is 0 Å². The molecule has 72 valence electrons. The van der Waals surface area contributed by atoms with Crippen molar-refractivity contribution in [2.24, 2.45) is 5.92 Å². The molecule has 0 aliphatic rings. The number of hydrogen-bond donors (Lipinski definition) is 2. The van der Waals surface area contributed by atoms with E-state index in [2.05, 4.69) is 11.5 Å². The Balaban J connectivity index is 4.02. The van der Waals surface area contributed by atoms with Crippen LogP contribution >= 0.6 is 0 Å². The molecule has 0 aromatic heterocycles. The first-order valence-corrected chi connectivity index (χ1v) is 4.12. The average molecular weight is 174 g/mol. The van der Waals surface area contributed by atoms with Crippen molar-refractivity contribution in [2.45, 2.75) is 39.4 Å². The van der Waals surface area contributed by atoms with Gasteiger partial charge in [-0.15, -0.1) is 0 Å². The van der Waals surface area contributed by atoms with E-state index < -0.39 is 12.2 Å². The van der Waals surface area contributed by atoms with Crippen molar-refractivity contribution in [3.8, 4) is 0 Å². The minimum absolute atomic E-state index is 0.372. The summed E-state index contributed by atoms with van der Waals surface area (Å²) >= 11 is 0. The third kappa shape index (κ3) is 3.85. The van der Waals surface area contributed by atoms with Crippen molar-refractivity contribution < 1.29 is 15.3 Å². The maximum atomic E-state index is 9.50. The molecular formula is C9H18O3. The summed E-state index contributed by atoms with van der Waals surface area (Å²) in [4.78, 5) is 4.12. The maximum absolute atomic E-state index is 9.50. The topological polar surface area (TPSA) is 49.7 Å². The van der Waals surface area contributed by atoms with Crippen LogP contribution in [0.2, 0.25) is 0 Å². The second-order valence-corrected chi connectivity index (χ2v) is 3.57. The zero-order chi connectivity index (χ0) is 9.72. The highest BCUT2D eigenvalue weighted by Crippen LogP contribution is 2.14. The molecule has 0 aliphatic heterocycles. The summed E-state index contributed by atoms with van der Waals surface area (Å²) in [5, 5.41) is 18.0. The highest BCUT2D eigenvalue weighted by atomic mass is 17.1. The Morgan fingerprint density at radius 1 is 1.50 bits per heavy atom. The van der Waals surface area contributed by atoms with E-state index in [-0.39, 0.29) is 0 Å². The van der Waals surface area contributed by atoms with E-state index in [1.54, 1.807) is 6.92 Å². The van der Waals surface area contributed by atoms with E-state index >= 15 is 0 Å². The fraction of sp³-hybridized carbons (Fsp3) is 0.778. The van der Waals surface area contributed by atoms with E-state index in [0.717, 1.165) is 0 Å². The summed E-state index contributed by atoms with van der Waals surface area (Å²) in [6, 6.07) is 0. The SMILES string of the molecule is C=C(C)[C@H](OO)[C@@H](O)CC(C)C. The Morgan fingerprint density at radius 2 is 2.00 bits per heavy atom. The molecule has 0 bridgehead atoms. The molecule has 0 unspecified atom stereocenters. The molecule has 0 radical (unpaired) electrons. The second kappa shape index (κ2) is 5.30. The lowest BCUT2D eigenvalue weighted by molar-refractivity contribution is -0.286. The molecule has 0 rings (SSSR count). The van der Waals surface area contributed by atoms with Crippen LogP contribution in [-0.4, -0.2) is 22.6 Å². The van der Waals surface area contributed by atoms with Gasteiger partial charge in [-0.1, -0.05) is 20.4 Å². The summed E-state index contributed by atoms with van der Waals surface area (Å²) in [6.07, 6.45) is -0.738. The molecule has 0 aromatic rings. The fourth-order valence-electron chi connectivity index (χ4n) is 1.10. The Hall–Kier alpha value is -0.380. The van der Waals surface area contributed by atoms with Crippen LogP contribution in [0.4, 0.5) is 0 Å². The zero-order valence-electron chi connectivity index (χ0n) is 7.95. The van der Waals surface area contributed by atoms with Crippen LogP contribution < -0.4 is 0 Å². The van der Waals surface area contributed by atoms with Crippen molar-refractivity contribution >= 4 is 0 Å². The Labute approximate surface area is 73.6 Å². The summed E-state index contributed by atoms with van der Waals surface area (Å²) in [6.45, 7) is 9.31. The van der Waals surface area contributed by atoms with Crippen molar-refractivity contribution in [2.75, 3.05) is 0 Å². The first-order chi connectivity index (χ1) is 5.49. The van der Waals surface area contributed by atoms with Crippen LogP contribution in [0.5, 0.6) is 0 Å². The van der Waals surface area contributed by atoms with Gasteiger partial charge in [0.2, 0.25) is 0 Å². The second-order valence-electron chi connectivity index (χ2n) is 3.57. The van der Waals surface area contributed by atoms with Crippen LogP contribution in [0.1, 0.15) is 27.2 Å². The van der Waals surface area contributed by atoms with Gasteiger partial charge in [-0.3, -0.25) is 5.26 Å². The van der Waals surface area contributed by atoms with Crippen molar-refractivity contribution in [3.63, 3.8) is 0 Å². The van der Waals surface area contributed by atoms with E-state index in [4.69, 9.17) is 5.26 Å². The third-order valence-electron chi connectivity index (χ3n) is 1.66. The van der Waals surface area contributed by atoms with Crippen LogP contribution in [0, 0.1) is 5.92 Å². The third-order valence-corrected chi connectivity index (χ3v) is 1.66. The molecular weight excluding hydrogens is 156 g/mol. The molecule has 0 amide bonds. The predicted molar refractivity (Wildman–Crippen MR) is 47.8 cm³/mol. The molecule has 3 nitrogen and oxygen atoms in total. The van der Waals surface area contributed by atoms with Crippen LogP contribution in [0.25, 0.3) is 0 Å². The maximum Gasteiger partial charge on any atom is 0.139 e. The summed E-state index contributed by atoms with van der Waals surface area (Å²) in [7, 11) is 0. The first-order valence-electron chi connectivity index (χ1n) is 4.12. The van der Waals surface area contributed by atoms with Gasteiger partial charge in [0.1, 0.15) is 6.10 Å². The Morgan fingerprint density at radius 3 is 2.25 bits per heavy atom. The normalized spacial score (nSPS) is 16.2. The summed E-state index contributed by atoms with van der Waals surface area (Å²) in [5.41, 5.74) is 0.630. The van der Waals surface area contributed by atoms with Gasteiger partial charge in [-0.2, -0.15) is 0 Å². The molecule has 0 saturated carbocycles. The number of aliphatic hydroxyl groups excluding tert-OH is 1. The molecule has 0 heterocycles. The zero-order valence-corrected chi connectivity index (χ0v) is 7.95. The van der Waals surface area contributed by atoms with Crippen LogP contribution in [-0.2, 0) is 4.89 Å². The number of rotatable bonds is 5. The van der Waals surface area contributed by atoms with Gasteiger partial charge < -0.3 is 5.11 Å². The standard InChI is InChI=1S/C9H18O3/c1-6(2)5-8(10)9(12-11)7(3)4/h6,8-11H,3,5H2,1-2,4H3/t8-,9-/m0/s1. The van der Waals surface area contributed by atoms with Gasteiger partial charge in [0.25, 0.3) is 0 Å². The van der Waals surface area contributed by atoms with E-state index in [9.17, 15) is 5.11 Å². The van der Waals surface area contributed by atoms with Gasteiger partial charge in [0, 0.05) is 0 Å². The lowest BCUT2D eigenvalue weighted by atomic mass is 9.98. The quantitative estimate of drug-likeness (QED) is 0.380. The first kappa shape index (κ1) is 11.6. The molecule has 12 heavy (non-hydrogen) atoms. The molecule has 3 heteroatoms. The molecule has 0 spiro atoms. The van der Waals surface area contributed by atoms with Crippen molar-refractivity contribution in [1.29, 1.82) is 0 Å². The summed E-state index contributed by atoms with van der Waals surface area (Å²) in [5.74, 6) is 0.372. The molecule has 0 saturated heterocycles. The number of hydrogen-bond acceptors (Lipinski definition) is 3. The lowest BCUT2D eigenvalue weighted by Crippen LogP contribution is -2.30. The molecule has 0 aliphatic carbocycles. The number of aliphatic hydroxyl groups is 1. The minimum Gasteiger partial charge on any atom is -0.390 e. The highest BCUT2D eigenvalue weighted by Gasteiger charge is 2.21. The van der Waals surface area contributed by atoms with Crippen molar-refractivity contribution in [3.05, 3.63) is 12.2 Å². The molecule has 0 fully saturated rings. The van der Waals surface area contributed by atoms with Crippen molar-refractivity contribution in [1.82, 2.24) is 0 Å². The largest absolute Gasteiger partial charge is 0.390 e. The molecule has 2 atom stereocenters. The van der Waals surface area contributed by atoms with E-state index in [1.165, 1.54) is 0 Å². The van der Waals surface area contributed by atoms with E-state index in [1.807, 2.05) is 13.8 Å². The minimum atomic E-state index is -0.674. The van der Waals surface area contributed by atoms with Gasteiger partial charge in [0.05, 0.1) is 6.10 Å². The highest BCUT2D eigenvalue weighted by molar-refractivity contribution is 5.00. The predicted octanol–water partition coefficient (Wildman–Crippen LogP) is 1.83. The fourth-order valence-corrected chi connectivity index (χ4v) is 1.10. The Kier molecular flexibility index (Phi) is 5.13. The van der Waals surface area contributed by atoms with Gasteiger partial charge in [-0.05, 0) is 24.8 Å². The molecule has 2 N–H and O–H groups in total. The average Bonchev–Trinajstić information content (AvgIpc) is 1.85. The monoisotopic (exact) mass is 174 g/mol. The van der Waals surface area contributed by atoms with Gasteiger partial charge in [-0.25, -0.2) is 4.89 Å². The Bertz CT molecular complexity index is 143. The van der Waals surface area contributed by atoms with Gasteiger partial charge in [0.15, 0.2) is 0 Å². The van der Waals surface area contributed by atoms with E-state index in [0.29, 0.717) is 17.9 Å². The van der Waals surface area contributed by atoms with Gasteiger partial charge >= 0.3 is 0 Å². The van der Waals surface area contributed by atoms with Crippen LogP contribution in [0.15, 0.2) is 12.2 Å².